The van der Waals surface area contributed by atoms with Crippen LogP contribution in [0.15, 0.2) is 109 Å². The van der Waals surface area contributed by atoms with Gasteiger partial charge in [-0.15, -0.1) is 0 Å². The maximum atomic E-state index is 12.7. The van der Waals surface area contributed by atoms with E-state index in [2.05, 4.69) is 57.7 Å². The summed E-state index contributed by atoms with van der Waals surface area (Å²) in [5.41, 5.74) is 9.00. The third-order valence-electron chi connectivity index (χ3n) is 9.75. The second kappa shape index (κ2) is 15.9. The molecule has 5 aromatic rings. The number of benzene rings is 4. The zero-order valence-electron chi connectivity index (χ0n) is 29.0. The molecule has 2 aliphatic heterocycles. The van der Waals surface area contributed by atoms with Crippen molar-refractivity contribution < 1.29 is 28.8 Å². The number of carbonyl (C=O) groups excluding carboxylic acids is 1. The Morgan fingerprint density at radius 2 is 1.65 bits per heavy atom. The molecule has 1 saturated heterocycles. The number of aromatic nitrogens is 1. The first-order valence-electron chi connectivity index (χ1n) is 17.3. The molecule has 1 aromatic heterocycles. The molecule has 0 spiro atoms. The van der Waals surface area contributed by atoms with Crippen molar-refractivity contribution in [3.63, 3.8) is 0 Å². The van der Waals surface area contributed by atoms with Crippen molar-refractivity contribution in [2.24, 2.45) is 0 Å². The highest BCUT2D eigenvalue weighted by molar-refractivity contribution is 5.93. The van der Waals surface area contributed by atoms with Crippen molar-refractivity contribution in [2.45, 2.75) is 51.0 Å². The quantitative estimate of drug-likeness (QED) is 0.157. The number of amides is 1. The number of aliphatic hydroxyl groups is 1. The Morgan fingerprint density at radius 3 is 2.37 bits per heavy atom. The summed E-state index contributed by atoms with van der Waals surface area (Å²) in [6.07, 6.45) is 4.04. The van der Waals surface area contributed by atoms with E-state index in [-0.39, 0.29) is 24.7 Å². The highest BCUT2D eigenvalue weighted by Gasteiger charge is 2.34. The lowest BCUT2D eigenvalue weighted by Gasteiger charge is -2.39. The number of ether oxygens (including phenoxy) is 4. The van der Waals surface area contributed by atoms with Crippen LogP contribution >= 0.6 is 0 Å². The number of hydrogen-bond donors (Lipinski definition) is 2. The molecule has 7 rings (SSSR count). The maximum Gasteiger partial charge on any atom is 0.253 e. The van der Waals surface area contributed by atoms with Gasteiger partial charge in [0.25, 0.3) is 5.91 Å². The first-order valence-corrected chi connectivity index (χ1v) is 17.3. The normalized spacial score (nSPS) is 18.8. The van der Waals surface area contributed by atoms with Crippen LogP contribution in [-0.4, -0.2) is 54.3 Å². The highest BCUT2D eigenvalue weighted by atomic mass is 16.7. The number of aliphatic hydroxyl groups excluding tert-OH is 1. The SMILES string of the molecule is COc1cc2c(cc1OC)CN(C[C@@H]1C[C@H](c3ccc(CO)cc3)O[C@H](c3ccc(-c4ccccc4CNC(=O)c4cccnc4)cc3)O1)CC2. The number of pyridine rings is 1. The van der Waals surface area contributed by atoms with Gasteiger partial charge in [-0.2, -0.15) is 0 Å². The van der Waals surface area contributed by atoms with E-state index in [1.165, 1.54) is 11.1 Å². The fourth-order valence-electron chi connectivity index (χ4n) is 6.97. The largest absolute Gasteiger partial charge is 0.493 e. The molecule has 51 heavy (non-hydrogen) atoms. The van der Waals surface area contributed by atoms with Crippen LogP contribution in [0.1, 0.15) is 62.6 Å². The predicted molar refractivity (Wildman–Crippen MR) is 194 cm³/mol. The number of fused-ring (bicyclic) bond motifs is 1. The van der Waals surface area contributed by atoms with Crippen molar-refractivity contribution >= 4 is 5.91 Å². The molecular formula is C42H43N3O6. The minimum Gasteiger partial charge on any atom is -0.493 e. The van der Waals surface area contributed by atoms with Crippen molar-refractivity contribution in [3.8, 4) is 22.6 Å². The summed E-state index contributed by atoms with van der Waals surface area (Å²) in [5, 5.41) is 12.6. The van der Waals surface area contributed by atoms with Crippen LogP contribution in [0.2, 0.25) is 0 Å². The first-order chi connectivity index (χ1) is 25.0. The van der Waals surface area contributed by atoms with Crippen LogP contribution in [0.3, 0.4) is 0 Å². The molecular weight excluding hydrogens is 642 g/mol. The van der Waals surface area contributed by atoms with Gasteiger partial charge in [0.2, 0.25) is 0 Å². The molecule has 1 amide bonds. The molecule has 0 radical (unpaired) electrons. The smallest absolute Gasteiger partial charge is 0.253 e. The fraction of sp³-hybridized carbons (Fsp3) is 0.286. The van der Waals surface area contributed by atoms with Gasteiger partial charge in [-0.05, 0) is 69.6 Å². The van der Waals surface area contributed by atoms with Crippen LogP contribution < -0.4 is 14.8 Å². The summed E-state index contributed by atoms with van der Waals surface area (Å²) >= 11 is 0. The molecule has 3 heterocycles. The van der Waals surface area contributed by atoms with E-state index in [0.717, 1.165) is 70.9 Å². The Kier molecular flexibility index (Phi) is 10.7. The molecule has 3 atom stereocenters. The third kappa shape index (κ3) is 7.97. The highest BCUT2D eigenvalue weighted by Crippen LogP contribution is 2.40. The van der Waals surface area contributed by atoms with Crippen LogP contribution in [-0.2, 0) is 35.6 Å². The van der Waals surface area contributed by atoms with Gasteiger partial charge in [0.1, 0.15) is 0 Å². The second-order valence-electron chi connectivity index (χ2n) is 13.0. The standard InChI is InChI=1S/C42H43N3O6/c1-48-39-20-32-17-19-45(25-35(32)21-40(39)49-2)26-36-22-38(30-11-9-28(27-46)10-12-30)51-42(50-36)31-15-13-29(14-16-31)37-8-4-3-6-33(37)24-44-41(47)34-7-5-18-43-23-34/h3-16,18,20-21,23,36,38,42,46H,17,19,22,24-27H2,1-2H3,(H,44,47)/t36-,38+,42+/m0/s1. The van der Waals surface area contributed by atoms with Crippen LogP contribution in [0.25, 0.3) is 11.1 Å². The van der Waals surface area contributed by atoms with Crippen molar-refractivity contribution in [3.05, 3.63) is 148 Å². The van der Waals surface area contributed by atoms with E-state index < -0.39 is 6.29 Å². The molecule has 262 valence electrons. The molecule has 0 aliphatic carbocycles. The van der Waals surface area contributed by atoms with E-state index in [9.17, 15) is 9.90 Å². The second-order valence-corrected chi connectivity index (χ2v) is 13.0. The summed E-state index contributed by atoms with van der Waals surface area (Å²) in [5.74, 6) is 1.34. The topological polar surface area (TPSA) is 102 Å². The molecule has 0 bridgehead atoms. The Hall–Kier alpha value is -5.06. The summed E-state index contributed by atoms with van der Waals surface area (Å²) in [6.45, 7) is 2.86. The van der Waals surface area contributed by atoms with Crippen LogP contribution in [0.5, 0.6) is 11.5 Å². The molecule has 1 fully saturated rings. The summed E-state index contributed by atoms with van der Waals surface area (Å²) in [6, 6.07) is 32.1. The maximum absolute atomic E-state index is 12.7. The molecule has 2 N–H and O–H groups in total. The van der Waals surface area contributed by atoms with Gasteiger partial charge in [-0.3, -0.25) is 14.7 Å². The number of nitrogens with one attached hydrogen (secondary N) is 1. The lowest BCUT2D eigenvalue weighted by molar-refractivity contribution is -0.253. The lowest BCUT2D eigenvalue weighted by atomic mass is 9.96. The van der Waals surface area contributed by atoms with Gasteiger partial charge in [-0.1, -0.05) is 72.8 Å². The molecule has 9 heteroatoms. The minimum absolute atomic E-state index is 0.000384. The monoisotopic (exact) mass is 685 g/mol. The van der Waals surface area contributed by atoms with E-state index in [0.29, 0.717) is 18.5 Å². The number of hydrogen-bond acceptors (Lipinski definition) is 8. The minimum atomic E-state index is -0.559. The number of carbonyl (C=O) groups is 1. The fourth-order valence-corrected chi connectivity index (χ4v) is 6.97. The molecule has 0 unspecified atom stereocenters. The van der Waals surface area contributed by atoms with Gasteiger partial charge in [-0.25, -0.2) is 0 Å². The Morgan fingerprint density at radius 1 is 0.902 bits per heavy atom. The van der Waals surface area contributed by atoms with Crippen molar-refractivity contribution in [1.29, 1.82) is 0 Å². The Bertz CT molecular complexity index is 1930. The summed E-state index contributed by atoms with van der Waals surface area (Å²) < 4.78 is 24.5. The predicted octanol–water partition coefficient (Wildman–Crippen LogP) is 6.79. The van der Waals surface area contributed by atoms with Gasteiger partial charge in [0.15, 0.2) is 17.8 Å². The van der Waals surface area contributed by atoms with E-state index in [1.807, 2.05) is 42.5 Å². The first kappa shape index (κ1) is 34.4. The summed E-state index contributed by atoms with van der Waals surface area (Å²) in [4.78, 5) is 19.2. The van der Waals surface area contributed by atoms with E-state index in [1.54, 1.807) is 38.7 Å². The Balaban J connectivity index is 1.09. The van der Waals surface area contributed by atoms with Crippen LogP contribution in [0, 0.1) is 0 Å². The zero-order chi connectivity index (χ0) is 35.2. The number of rotatable bonds is 11. The van der Waals surface area contributed by atoms with Crippen molar-refractivity contribution in [1.82, 2.24) is 15.2 Å². The van der Waals surface area contributed by atoms with Crippen LogP contribution in [0.4, 0.5) is 0 Å². The van der Waals surface area contributed by atoms with Crippen molar-refractivity contribution in [2.75, 3.05) is 27.3 Å². The van der Waals surface area contributed by atoms with Gasteiger partial charge in [0.05, 0.1) is 38.6 Å². The average Bonchev–Trinajstić information content (AvgIpc) is 3.19. The molecule has 9 nitrogen and oxygen atoms in total. The number of methoxy groups -OCH3 is 2. The molecule has 4 aromatic carbocycles. The molecule has 0 saturated carbocycles. The van der Waals surface area contributed by atoms with E-state index >= 15 is 0 Å². The van der Waals surface area contributed by atoms with Gasteiger partial charge >= 0.3 is 0 Å². The van der Waals surface area contributed by atoms with Gasteiger partial charge < -0.3 is 29.4 Å². The van der Waals surface area contributed by atoms with E-state index in [4.69, 9.17) is 18.9 Å². The third-order valence-corrected chi connectivity index (χ3v) is 9.75. The zero-order valence-corrected chi connectivity index (χ0v) is 29.0. The Labute approximate surface area is 298 Å². The number of nitrogens with zero attached hydrogens (tertiary/aromatic N) is 2. The van der Waals surface area contributed by atoms with Gasteiger partial charge in [0, 0.05) is 50.6 Å². The molecule has 2 aliphatic rings. The average molecular weight is 686 g/mol. The lowest BCUT2D eigenvalue weighted by Crippen LogP contribution is -2.41. The summed E-state index contributed by atoms with van der Waals surface area (Å²) in [7, 11) is 3.34.